The molecule has 0 saturated carbocycles. The van der Waals surface area contributed by atoms with Gasteiger partial charge in [-0.3, -0.25) is 9.97 Å². The molecule has 0 amide bonds. The fourth-order valence-corrected chi connectivity index (χ4v) is 7.39. The van der Waals surface area contributed by atoms with Crippen LogP contribution in [0.15, 0.2) is 91.1 Å². The average Bonchev–Trinajstić information content (AvgIpc) is 3.62. The Morgan fingerprint density at radius 1 is 0.617 bits per heavy atom. The molecule has 5 nitrogen and oxygen atoms in total. The van der Waals surface area contributed by atoms with E-state index in [2.05, 4.69) is 128 Å². The second-order valence-electron chi connectivity index (χ2n) is 12.4. The molecule has 6 heteroatoms. The summed E-state index contributed by atoms with van der Waals surface area (Å²) in [6, 6.07) is 36.8. The molecule has 0 aliphatic carbocycles. The number of hydrogen-bond donors (Lipinski definition) is 0. The molecule has 0 N–H and O–H groups in total. The Bertz CT molecular complexity index is 2710. The Kier molecular flexibility index (Phi) is 6.75. The van der Waals surface area contributed by atoms with Gasteiger partial charge in [-0.05, 0) is 68.7 Å². The number of aromatic nitrogens is 4. The van der Waals surface area contributed by atoms with Gasteiger partial charge in [0, 0.05) is 45.7 Å². The molecule has 0 fully saturated rings. The van der Waals surface area contributed by atoms with Gasteiger partial charge in [0.1, 0.15) is 0 Å². The van der Waals surface area contributed by atoms with Crippen molar-refractivity contribution < 1.29 is 25.8 Å². The van der Waals surface area contributed by atoms with E-state index in [1.54, 1.807) is 0 Å². The molecule has 0 bridgehead atoms. The molecule has 47 heavy (non-hydrogen) atoms. The third-order valence-corrected chi connectivity index (χ3v) is 9.41. The normalized spacial score (nSPS) is 11.8. The zero-order valence-corrected chi connectivity index (χ0v) is 28.9. The van der Waals surface area contributed by atoms with Gasteiger partial charge in [-0.2, -0.15) is 0 Å². The van der Waals surface area contributed by atoms with Crippen LogP contribution in [0.5, 0.6) is 11.5 Å². The van der Waals surface area contributed by atoms with Crippen molar-refractivity contribution in [2.24, 2.45) is 0 Å². The number of hydrogen-bond acceptors (Lipinski definition) is 3. The first-order valence-electron chi connectivity index (χ1n) is 15.6. The molecular formula is C41H30N4OPt. The zero-order valence-electron chi connectivity index (χ0n) is 26.7. The van der Waals surface area contributed by atoms with Gasteiger partial charge in [0.2, 0.25) is 0 Å². The SMILES string of the molecule is Cc1cc(C)c(-c2cnc3c4[c-]c(Oc5[c-]c6c(cc5)c5ccccc5n5c(C)c(C)nc65)ccc4c4ccccc4n23)c(C)c1.[Pt+2]. The summed E-state index contributed by atoms with van der Waals surface area (Å²) in [6.45, 7) is 10.7. The number of para-hydroxylation sites is 2. The van der Waals surface area contributed by atoms with Gasteiger partial charge in [0.15, 0.2) is 0 Å². The van der Waals surface area contributed by atoms with Gasteiger partial charge in [-0.1, -0.05) is 99.9 Å². The van der Waals surface area contributed by atoms with Gasteiger partial charge in [-0.15, -0.1) is 12.1 Å². The van der Waals surface area contributed by atoms with Crippen LogP contribution in [0.25, 0.3) is 65.9 Å². The van der Waals surface area contributed by atoms with Crippen molar-refractivity contribution >= 4 is 54.6 Å². The fraction of sp³-hybridized carbons (Fsp3) is 0.122. The summed E-state index contributed by atoms with van der Waals surface area (Å²) in [5.41, 5.74) is 12.1. The van der Waals surface area contributed by atoms with Gasteiger partial charge in [0.05, 0.1) is 17.0 Å². The largest absolute Gasteiger partial charge is 2.00 e. The third kappa shape index (κ3) is 4.33. The van der Waals surface area contributed by atoms with Crippen molar-refractivity contribution in [3.63, 3.8) is 0 Å². The molecule has 4 heterocycles. The number of imidazole rings is 2. The molecule has 0 aliphatic heterocycles. The number of nitrogens with zero attached hydrogens (tertiary/aromatic N) is 4. The second-order valence-corrected chi connectivity index (χ2v) is 12.4. The Labute approximate surface area is 286 Å². The van der Waals surface area contributed by atoms with E-state index in [4.69, 9.17) is 14.7 Å². The third-order valence-electron chi connectivity index (χ3n) is 9.41. The van der Waals surface area contributed by atoms with E-state index in [-0.39, 0.29) is 21.1 Å². The minimum absolute atomic E-state index is 0. The van der Waals surface area contributed by atoms with E-state index in [1.807, 2.05) is 18.3 Å². The zero-order chi connectivity index (χ0) is 31.3. The van der Waals surface area contributed by atoms with Crippen molar-refractivity contribution in [1.82, 2.24) is 18.8 Å². The molecular weight excluding hydrogens is 760 g/mol. The molecule has 0 radical (unpaired) electrons. The van der Waals surface area contributed by atoms with Crippen LogP contribution < -0.4 is 4.74 Å². The predicted molar refractivity (Wildman–Crippen MR) is 187 cm³/mol. The Morgan fingerprint density at radius 3 is 1.79 bits per heavy atom. The van der Waals surface area contributed by atoms with E-state index in [9.17, 15) is 0 Å². The van der Waals surface area contributed by atoms with Crippen molar-refractivity contribution in [1.29, 1.82) is 0 Å². The van der Waals surface area contributed by atoms with Crippen molar-refractivity contribution in [2.45, 2.75) is 34.6 Å². The van der Waals surface area contributed by atoms with Crippen LogP contribution >= 0.6 is 0 Å². The molecule has 0 saturated heterocycles. The summed E-state index contributed by atoms with van der Waals surface area (Å²) in [6.07, 6.45) is 1.99. The Morgan fingerprint density at radius 2 is 1.17 bits per heavy atom. The molecule has 0 atom stereocenters. The minimum atomic E-state index is 0. The summed E-state index contributed by atoms with van der Waals surface area (Å²) in [5.74, 6) is 1.23. The summed E-state index contributed by atoms with van der Waals surface area (Å²) in [7, 11) is 0. The first-order chi connectivity index (χ1) is 22.4. The number of rotatable bonds is 3. The van der Waals surface area contributed by atoms with Gasteiger partial charge in [-0.25, -0.2) is 0 Å². The van der Waals surface area contributed by atoms with Crippen LogP contribution in [0.4, 0.5) is 0 Å². The standard InChI is InChI=1S/C41H30N4O.Pt/c1-23-18-24(2)39(25(3)19-23)38-22-42-40-34-20-28(14-16-30(34)33-11-7-9-13-37(33)45(38)40)46-29-15-17-31-32-10-6-8-12-36(32)44-27(5)26(4)43-41(44)35(31)21-29;/h6-19,22H,1-5H3;/q-2;+2. The molecule has 9 rings (SSSR count). The van der Waals surface area contributed by atoms with Crippen molar-refractivity contribution in [3.8, 4) is 22.8 Å². The first-order valence-corrected chi connectivity index (χ1v) is 15.6. The topological polar surface area (TPSA) is 43.8 Å². The van der Waals surface area contributed by atoms with E-state index in [0.717, 1.165) is 71.7 Å². The number of pyridine rings is 2. The molecule has 0 unspecified atom stereocenters. The maximum atomic E-state index is 6.51. The fourth-order valence-electron chi connectivity index (χ4n) is 7.39. The average molecular weight is 790 g/mol. The van der Waals surface area contributed by atoms with Gasteiger partial charge >= 0.3 is 21.1 Å². The predicted octanol–water partition coefficient (Wildman–Crippen LogP) is 10.2. The van der Waals surface area contributed by atoms with Gasteiger partial charge < -0.3 is 13.5 Å². The number of ether oxygens (including phenoxy) is 1. The number of fused-ring (bicyclic) bond motifs is 12. The maximum Gasteiger partial charge on any atom is 2.00 e. The van der Waals surface area contributed by atoms with E-state index in [0.29, 0.717) is 11.5 Å². The minimum Gasteiger partial charge on any atom is -0.497 e. The van der Waals surface area contributed by atoms with E-state index >= 15 is 0 Å². The molecule has 5 aromatic carbocycles. The van der Waals surface area contributed by atoms with E-state index < -0.39 is 0 Å². The molecule has 9 aromatic rings. The monoisotopic (exact) mass is 789 g/mol. The Balaban J connectivity index is 0.00000324. The molecule has 0 aliphatic rings. The molecule has 230 valence electrons. The van der Waals surface area contributed by atoms with Gasteiger partial charge in [0.25, 0.3) is 0 Å². The van der Waals surface area contributed by atoms with Crippen LogP contribution in [-0.4, -0.2) is 18.8 Å². The van der Waals surface area contributed by atoms with Crippen LogP contribution in [0.1, 0.15) is 28.1 Å². The molecule has 0 spiro atoms. The van der Waals surface area contributed by atoms with Crippen molar-refractivity contribution in [2.75, 3.05) is 0 Å². The summed E-state index contributed by atoms with van der Waals surface area (Å²) in [4.78, 5) is 9.94. The number of benzene rings is 5. The van der Waals surface area contributed by atoms with Crippen molar-refractivity contribution in [3.05, 3.63) is 131 Å². The quantitative estimate of drug-likeness (QED) is 0.132. The van der Waals surface area contributed by atoms with Crippen LogP contribution in [0.2, 0.25) is 0 Å². The number of aryl methyl sites for hydroxylation is 5. The summed E-state index contributed by atoms with van der Waals surface area (Å²) in [5, 5.41) is 6.34. The first kappa shape index (κ1) is 29.4. The van der Waals surface area contributed by atoms with Crippen LogP contribution in [-0.2, 0) is 21.1 Å². The summed E-state index contributed by atoms with van der Waals surface area (Å²) >= 11 is 0. The van der Waals surface area contributed by atoms with Crippen LogP contribution in [0.3, 0.4) is 0 Å². The van der Waals surface area contributed by atoms with Crippen LogP contribution in [0, 0.1) is 46.8 Å². The maximum absolute atomic E-state index is 6.51. The summed E-state index contributed by atoms with van der Waals surface area (Å²) < 4.78 is 11.0. The Hall–Kier alpha value is -4.99. The molecule has 4 aromatic heterocycles. The smallest absolute Gasteiger partial charge is 0.497 e. The second kappa shape index (κ2) is 10.8. The van der Waals surface area contributed by atoms with E-state index in [1.165, 1.54) is 22.3 Å².